The van der Waals surface area contributed by atoms with Crippen molar-refractivity contribution in [1.29, 1.82) is 0 Å². The molecule has 6 unspecified atom stereocenters. The van der Waals surface area contributed by atoms with Crippen LogP contribution in [-0.4, -0.2) is 21.3 Å². The van der Waals surface area contributed by atoms with Gasteiger partial charge in [-0.15, -0.1) is 0 Å². The molecular formula is C65H55N5. The molecule has 0 radical (unpaired) electrons. The molecule has 70 heavy (non-hydrogen) atoms. The number of benzene rings is 6. The maximum atomic E-state index is 5.69. The number of allylic oxidation sites excluding steroid dienone is 9. The Bertz CT molecular complexity index is 3660. The van der Waals surface area contributed by atoms with Crippen LogP contribution < -0.4 is 10.6 Å². The Morgan fingerprint density at radius 2 is 1.43 bits per heavy atom. The molecule has 0 spiro atoms. The first-order valence-electron chi connectivity index (χ1n) is 25.9. The molecule has 6 aliphatic carbocycles. The third kappa shape index (κ3) is 6.17. The summed E-state index contributed by atoms with van der Waals surface area (Å²) < 4.78 is 2.81. The van der Waals surface area contributed by atoms with Gasteiger partial charge < -0.3 is 14.8 Å². The van der Waals surface area contributed by atoms with E-state index in [0.29, 0.717) is 5.92 Å². The normalized spacial score (nSPS) is 25.1. The van der Waals surface area contributed by atoms with Crippen LogP contribution in [0.2, 0.25) is 0 Å². The van der Waals surface area contributed by atoms with Crippen molar-refractivity contribution in [2.75, 3.05) is 0 Å². The van der Waals surface area contributed by atoms with Gasteiger partial charge >= 0.3 is 0 Å². The average Bonchev–Trinajstić information content (AvgIpc) is 3.95. The molecule has 5 nitrogen and oxygen atoms in total. The number of hydrogen-bond donors (Lipinski definition) is 2. The monoisotopic (exact) mass is 905 g/mol. The highest BCUT2D eigenvalue weighted by atomic mass is 15.3. The van der Waals surface area contributed by atoms with Gasteiger partial charge in [-0.3, -0.25) is 5.32 Å². The van der Waals surface area contributed by atoms with Crippen molar-refractivity contribution in [3.05, 3.63) is 243 Å². The summed E-state index contributed by atoms with van der Waals surface area (Å²) in [7, 11) is 0. The van der Waals surface area contributed by atoms with E-state index in [1.807, 2.05) is 0 Å². The van der Waals surface area contributed by atoms with Gasteiger partial charge in [0, 0.05) is 40.0 Å². The van der Waals surface area contributed by atoms with Crippen molar-refractivity contribution < 1.29 is 0 Å². The first-order valence-corrected chi connectivity index (χ1v) is 25.9. The lowest BCUT2D eigenvalue weighted by Gasteiger charge is -2.44. The molecule has 3 heterocycles. The summed E-state index contributed by atoms with van der Waals surface area (Å²) in [5.74, 6) is 1.49. The number of nitrogens with zero attached hydrogens (tertiary/aromatic N) is 3. The van der Waals surface area contributed by atoms with Crippen molar-refractivity contribution in [2.24, 2.45) is 16.8 Å². The SMILES string of the molecule is C1=CC2=C(CC1)N(C1CC=CC3=CC=C(C4=NC(c5cc6ccccc6c6c5C=CCC6)NC(c5ccccc5)N4)CC31)C1=Cc3ccccc3C(n3c4c(c5c6ccccc6ccc53)C=CCC4)C12. The highest BCUT2D eigenvalue weighted by molar-refractivity contribution is 6.11. The lowest BCUT2D eigenvalue weighted by Crippen LogP contribution is -2.47. The number of aryl methyl sites for hydroxylation is 1. The fraction of sp³-hybridized carbons (Fsp3) is 0.215. The van der Waals surface area contributed by atoms with Crippen molar-refractivity contribution in [1.82, 2.24) is 20.1 Å². The van der Waals surface area contributed by atoms with Gasteiger partial charge in [0.15, 0.2) is 0 Å². The van der Waals surface area contributed by atoms with Gasteiger partial charge in [0.25, 0.3) is 0 Å². The molecule has 8 aliphatic rings. The number of nitrogens with one attached hydrogen (secondary N) is 2. The quantitative estimate of drug-likeness (QED) is 0.181. The Morgan fingerprint density at radius 1 is 0.643 bits per heavy atom. The Labute approximate surface area is 410 Å². The molecule has 0 bridgehead atoms. The van der Waals surface area contributed by atoms with Gasteiger partial charge in [-0.2, -0.15) is 0 Å². The smallest absolute Gasteiger partial charge is 0.130 e. The predicted molar refractivity (Wildman–Crippen MR) is 289 cm³/mol. The zero-order chi connectivity index (χ0) is 45.9. The number of aromatic nitrogens is 1. The van der Waals surface area contributed by atoms with Crippen LogP contribution in [0.4, 0.5) is 0 Å². The standard InChI is InChI=1S/C65H55N5/c1-2-18-42(19-3-1)63-66-64(68-65(67-63)54-37-43-20-5-7-23-46(43)49-26-10-11-27-50(49)54)45-34-33-41-22-16-32-57(53(41)38-45)69-55-30-14-13-29-52(55)61-59(69)39-44-21-6-9-25-48(44)62(61)70-56-31-15-12-28-51(56)60-47-24-8-4-17-40(47)35-36-58(60)70/h1-9,11-13,16-25,27-29,33-37,39,53,57,61-63,65,67H,10,14-15,26,30-32,38H2,(H,66,68). The van der Waals surface area contributed by atoms with Crippen LogP contribution in [0, 0.1) is 11.8 Å². The second kappa shape index (κ2) is 16.0. The highest BCUT2D eigenvalue weighted by Crippen LogP contribution is 2.57. The van der Waals surface area contributed by atoms with E-state index in [4.69, 9.17) is 4.99 Å². The van der Waals surface area contributed by atoms with E-state index in [1.165, 1.54) is 105 Å². The van der Waals surface area contributed by atoms with E-state index in [-0.39, 0.29) is 30.3 Å². The molecule has 15 rings (SSSR count). The topological polar surface area (TPSA) is 44.6 Å². The first kappa shape index (κ1) is 40.4. The average molecular weight is 906 g/mol. The Morgan fingerprint density at radius 3 is 2.36 bits per heavy atom. The van der Waals surface area contributed by atoms with Crippen molar-refractivity contribution >= 4 is 56.5 Å². The molecule has 0 saturated heterocycles. The molecule has 0 fully saturated rings. The molecule has 2 aliphatic heterocycles. The number of aliphatic imine (C=N–C) groups is 1. The number of amidine groups is 1. The van der Waals surface area contributed by atoms with E-state index in [2.05, 4.69) is 208 Å². The van der Waals surface area contributed by atoms with Crippen LogP contribution in [0.1, 0.15) is 102 Å². The summed E-state index contributed by atoms with van der Waals surface area (Å²) in [6.45, 7) is 0. The first-order chi connectivity index (χ1) is 34.7. The van der Waals surface area contributed by atoms with Crippen LogP contribution in [-0.2, 0) is 12.8 Å². The molecule has 0 saturated carbocycles. The molecule has 0 amide bonds. The predicted octanol–water partition coefficient (Wildman–Crippen LogP) is 14.5. The van der Waals surface area contributed by atoms with Crippen LogP contribution in [0.15, 0.2) is 203 Å². The Balaban J connectivity index is 0.843. The second-order valence-electron chi connectivity index (χ2n) is 20.6. The molecule has 340 valence electrons. The number of hydrogen-bond acceptors (Lipinski definition) is 4. The summed E-state index contributed by atoms with van der Waals surface area (Å²) in [4.78, 5) is 8.57. The van der Waals surface area contributed by atoms with Crippen LogP contribution in [0.25, 0.3) is 50.7 Å². The molecular weight excluding hydrogens is 851 g/mol. The summed E-state index contributed by atoms with van der Waals surface area (Å²) in [6, 6.07) is 45.7. The minimum Gasteiger partial charge on any atom is -0.351 e. The summed E-state index contributed by atoms with van der Waals surface area (Å²) in [5.41, 5.74) is 19.5. The van der Waals surface area contributed by atoms with Gasteiger partial charge in [-0.05, 0) is 141 Å². The van der Waals surface area contributed by atoms with Crippen molar-refractivity contribution in [3.63, 3.8) is 0 Å². The second-order valence-corrected chi connectivity index (χ2v) is 20.6. The van der Waals surface area contributed by atoms with Crippen LogP contribution >= 0.6 is 0 Å². The van der Waals surface area contributed by atoms with Crippen molar-refractivity contribution in [2.45, 2.75) is 75.8 Å². The van der Waals surface area contributed by atoms with Crippen molar-refractivity contribution in [3.8, 4) is 0 Å². The Kier molecular flexibility index (Phi) is 9.27. The Hall–Kier alpha value is -7.47. The van der Waals surface area contributed by atoms with Gasteiger partial charge in [-0.1, -0.05) is 170 Å². The summed E-state index contributed by atoms with van der Waals surface area (Å²) in [5, 5.41) is 14.7. The third-order valence-electron chi connectivity index (χ3n) is 17.0. The summed E-state index contributed by atoms with van der Waals surface area (Å²) in [6.07, 6.45) is 34.7. The summed E-state index contributed by atoms with van der Waals surface area (Å²) >= 11 is 0. The third-order valence-corrected chi connectivity index (χ3v) is 17.0. The molecule has 7 aromatic rings. The van der Waals surface area contributed by atoms with E-state index in [9.17, 15) is 0 Å². The highest BCUT2D eigenvalue weighted by Gasteiger charge is 2.49. The van der Waals surface area contributed by atoms with Gasteiger partial charge in [0.05, 0.1) is 17.5 Å². The molecule has 2 N–H and O–H groups in total. The minimum atomic E-state index is -0.217. The lowest BCUT2D eigenvalue weighted by atomic mass is 9.75. The van der Waals surface area contributed by atoms with Gasteiger partial charge in [-0.25, -0.2) is 4.99 Å². The van der Waals surface area contributed by atoms with Gasteiger partial charge in [0.1, 0.15) is 18.2 Å². The maximum Gasteiger partial charge on any atom is 0.130 e. The fourth-order valence-corrected chi connectivity index (χ4v) is 14.0. The lowest BCUT2D eigenvalue weighted by molar-refractivity contribution is 0.233. The zero-order valence-corrected chi connectivity index (χ0v) is 39.4. The van der Waals surface area contributed by atoms with E-state index < -0.39 is 0 Å². The van der Waals surface area contributed by atoms with E-state index in [1.54, 1.807) is 0 Å². The zero-order valence-electron chi connectivity index (χ0n) is 39.4. The number of rotatable bonds is 5. The molecule has 5 heteroatoms. The van der Waals surface area contributed by atoms with Crippen LogP contribution in [0.3, 0.4) is 0 Å². The maximum absolute atomic E-state index is 5.69. The van der Waals surface area contributed by atoms with E-state index in [0.717, 1.165) is 57.2 Å². The molecule has 6 aromatic carbocycles. The van der Waals surface area contributed by atoms with Gasteiger partial charge in [0.2, 0.25) is 0 Å². The van der Waals surface area contributed by atoms with Crippen LogP contribution in [0.5, 0.6) is 0 Å². The largest absolute Gasteiger partial charge is 0.351 e. The molecule has 1 aromatic heterocycles. The minimum absolute atomic E-state index is 0.101. The molecule has 6 atom stereocenters. The fourth-order valence-electron chi connectivity index (χ4n) is 14.0. The number of fused-ring (bicyclic) bond motifs is 12. The van der Waals surface area contributed by atoms with E-state index >= 15 is 0 Å².